The van der Waals surface area contributed by atoms with E-state index in [0.717, 1.165) is 63.3 Å². The second kappa shape index (κ2) is 12.2. The highest BCUT2D eigenvalue weighted by Crippen LogP contribution is 2.27. The Kier molecular flexibility index (Phi) is 8.55. The van der Waals surface area contributed by atoms with Crippen LogP contribution in [-0.2, 0) is 11.3 Å². The molecule has 39 heavy (non-hydrogen) atoms. The summed E-state index contributed by atoms with van der Waals surface area (Å²) in [7, 11) is 2.19. The van der Waals surface area contributed by atoms with Crippen LogP contribution in [0.2, 0.25) is 0 Å². The lowest BCUT2D eigenvalue weighted by atomic mass is 9.99. The van der Waals surface area contributed by atoms with Crippen LogP contribution in [-0.4, -0.2) is 66.1 Å². The molecule has 2 aromatic carbocycles. The van der Waals surface area contributed by atoms with Gasteiger partial charge in [-0.15, -0.1) is 0 Å². The minimum absolute atomic E-state index is 0.0173. The van der Waals surface area contributed by atoms with Gasteiger partial charge < -0.3 is 20.7 Å². The molecule has 3 atom stereocenters. The second-order valence-electron chi connectivity index (χ2n) is 10.8. The van der Waals surface area contributed by atoms with Gasteiger partial charge in [-0.05, 0) is 61.6 Å². The highest BCUT2D eigenvalue weighted by atomic mass is 19.1. The van der Waals surface area contributed by atoms with Crippen molar-refractivity contribution in [3.63, 3.8) is 0 Å². The first kappa shape index (κ1) is 27.2. The summed E-state index contributed by atoms with van der Waals surface area (Å²) < 4.78 is 19.7. The summed E-state index contributed by atoms with van der Waals surface area (Å²) in [5.41, 5.74) is 10.6. The van der Waals surface area contributed by atoms with Crippen molar-refractivity contribution in [2.45, 2.75) is 51.0 Å². The lowest BCUT2D eigenvalue weighted by molar-refractivity contribution is 0.0272. The van der Waals surface area contributed by atoms with Crippen LogP contribution in [0.1, 0.15) is 53.7 Å². The van der Waals surface area contributed by atoms with Crippen molar-refractivity contribution < 1.29 is 13.9 Å². The molecule has 3 aromatic rings. The van der Waals surface area contributed by atoms with Crippen molar-refractivity contribution in [3.8, 4) is 11.1 Å². The number of hydrogen-bond acceptors (Lipinski definition) is 6. The number of ether oxygens (including phenoxy) is 1. The third-order valence-electron chi connectivity index (χ3n) is 8.13. The van der Waals surface area contributed by atoms with Gasteiger partial charge in [-0.25, -0.2) is 9.37 Å². The number of piperazine rings is 1. The number of rotatable bonds is 8. The molecule has 0 bridgehead atoms. The number of carbonyl (C=O) groups is 1. The molecule has 1 aliphatic carbocycles. The van der Waals surface area contributed by atoms with Crippen molar-refractivity contribution >= 4 is 11.7 Å². The number of anilines is 1. The number of nitrogen functional groups attached to an aromatic ring is 1. The summed E-state index contributed by atoms with van der Waals surface area (Å²) in [6.45, 7) is 7.21. The van der Waals surface area contributed by atoms with Gasteiger partial charge in [-0.2, -0.15) is 0 Å². The van der Waals surface area contributed by atoms with E-state index in [4.69, 9.17) is 10.5 Å². The summed E-state index contributed by atoms with van der Waals surface area (Å²) >= 11 is 0. The average molecular weight is 532 g/mol. The number of benzene rings is 2. The van der Waals surface area contributed by atoms with Crippen molar-refractivity contribution in [1.82, 2.24) is 20.1 Å². The van der Waals surface area contributed by atoms with E-state index in [1.165, 1.54) is 16.7 Å². The zero-order valence-electron chi connectivity index (χ0n) is 22.8. The molecule has 1 saturated heterocycles. The van der Waals surface area contributed by atoms with Gasteiger partial charge in [0.2, 0.25) is 0 Å². The molecule has 7 nitrogen and oxygen atoms in total. The van der Waals surface area contributed by atoms with Gasteiger partial charge in [0, 0.05) is 32.2 Å². The molecule has 2 heterocycles. The minimum atomic E-state index is -0.590. The molecular formula is C31H38FN5O2. The summed E-state index contributed by atoms with van der Waals surface area (Å²) in [6, 6.07) is 18.7. The molecule has 2 fully saturated rings. The van der Waals surface area contributed by atoms with E-state index in [2.05, 4.69) is 82.6 Å². The minimum Gasteiger partial charge on any atom is -0.383 e. The van der Waals surface area contributed by atoms with Crippen LogP contribution in [0.3, 0.4) is 0 Å². The molecule has 3 N–H and O–H groups in total. The van der Waals surface area contributed by atoms with Crippen LogP contribution in [0.25, 0.3) is 11.1 Å². The Balaban J connectivity index is 1.14. The van der Waals surface area contributed by atoms with Gasteiger partial charge in [0.25, 0.3) is 5.91 Å². The summed E-state index contributed by atoms with van der Waals surface area (Å²) in [4.78, 5) is 21.3. The molecule has 1 aromatic heterocycles. The number of likely N-dealkylation sites (N-methyl/N-ethyl adjacent to an activating group) is 1. The number of halogens is 1. The predicted molar refractivity (Wildman–Crippen MR) is 152 cm³/mol. The van der Waals surface area contributed by atoms with Crippen molar-refractivity contribution in [2.75, 3.05) is 39.0 Å². The highest BCUT2D eigenvalue weighted by molar-refractivity contribution is 5.98. The molecule has 1 aliphatic heterocycles. The molecule has 8 heteroatoms. The number of nitrogens with two attached hydrogens (primary N) is 1. The Hall–Kier alpha value is -3.33. The first-order chi connectivity index (χ1) is 18.9. The lowest BCUT2D eigenvalue weighted by Gasteiger charge is -2.36. The van der Waals surface area contributed by atoms with E-state index >= 15 is 0 Å². The second-order valence-corrected chi connectivity index (χ2v) is 10.8. The molecule has 0 spiro atoms. The van der Waals surface area contributed by atoms with E-state index in [1.807, 2.05) is 0 Å². The maximum absolute atomic E-state index is 13.5. The number of aromatic nitrogens is 1. The Morgan fingerprint density at radius 3 is 2.44 bits per heavy atom. The van der Waals surface area contributed by atoms with Gasteiger partial charge >= 0.3 is 0 Å². The average Bonchev–Trinajstić information content (AvgIpc) is 3.40. The van der Waals surface area contributed by atoms with Crippen LogP contribution in [0.4, 0.5) is 10.2 Å². The number of nitrogens with zero attached hydrogens (tertiary/aromatic N) is 3. The molecule has 1 saturated carbocycles. The Morgan fingerprint density at radius 1 is 1.08 bits per heavy atom. The van der Waals surface area contributed by atoms with E-state index in [0.29, 0.717) is 12.6 Å². The Bertz CT molecular complexity index is 1260. The van der Waals surface area contributed by atoms with Crippen LogP contribution in [0, 0.1) is 5.82 Å². The highest BCUT2D eigenvalue weighted by Gasteiger charge is 2.30. The van der Waals surface area contributed by atoms with Crippen molar-refractivity contribution in [3.05, 3.63) is 83.3 Å². The van der Waals surface area contributed by atoms with Crippen LogP contribution < -0.4 is 11.1 Å². The van der Waals surface area contributed by atoms with Crippen LogP contribution >= 0.6 is 0 Å². The fraction of sp³-hybridized carbons (Fsp3) is 0.419. The number of hydrogen-bond donors (Lipinski definition) is 2. The van der Waals surface area contributed by atoms with E-state index in [1.54, 1.807) is 0 Å². The molecule has 2 unspecified atom stereocenters. The quantitative estimate of drug-likeness (QED) is 0.441. The Labute approximate surface area is 230 Å². The van der Waals surface area contributed by atoms with Crippen LogP contribution in [0.15, 0.2) is 60.8 Å². The number of pyridine rings is 1. The van der Waals surface area contributed by atoms with Gasteiger partial charge in [0.05, 0.1) is 30.5 Å². The monoisotopic (exact) mass is 531 g/mol. The SMILES string of the molecule is CC(c1ccc(-c2ccc(CO[C@H]3CCCC3NC(=O)c3cc(F)cnc3N)cc2)cc1)N1CCN(C)CC1. The van der Waals surface area contributed by atoms with Crippen molar-refractivity contribution in [2.24, 2.45) is 0 Å². The number of nitrogens with one attached hydrogen (secondary N) is 1. The molecule has 5 rings (SSSR count). The zero-order chi connectivity index (χ0) is 27.4. The normalized spacial score (nSPS) is 21.1. The smallest absolute Gasteiger partial charge is 0.255 e. The van der Waals surface area contributed by atoms with Crippen LogP contribution in [0.5, 0.6) is 0 Å². The predicted octanol–water partition coefficient (Wildman–Crippen LogP) is 4.65. The first-order valence-corrected chi connectivity index (χ1v) is 13.8. The number of amides is 1. The molecule has 0 radical (unpaired) electrons. The van der Waals surface area contributed by atoms with Gasteiger partial charge in [-0.1, -0.05) is 48.5 Å². The fourth-order valence-corrected chi connectivity index (χ4v) is 5.54. The van der Waals surface area contributed by atoms with E-state index in [9.17, 15) is 9.18 Å². The van der Waals surface area contributed by atoms with Gasteiger partial charge in [0.1, 0.15) is 11.6 Å². The van der Waals surface area contributed by atoms with Crippen molar-refractivity contribution in [1.29, 1.82) is 0 Å². The summed E-state index contributed by atoms with van der Waals surface area (Å²) in [5, 5.41) is 2.96. The third kappa shape index (κ3) is 6.64. The maximum atomic E-state index is 13.5. The van der Waals surface area contributed by atoms with Gasteiger partial charge in [0.15, 0.2) is 0 Å². The lowest BCUT2D eigenvalue weighted by Crippen LogP contribution is -2.45. The molecule has 2 aliphatic rings. The first-order valence-electron chi connectivity index (χ1n) is 13.8. The van der Waals surface area contributed by atoms with E-state index < -0.39 is 11.7 Å². The maximum Gasteiger partial charge on any atom is 0.255 e. The largest absolute Gasteiger partial charge is 0.383 e. The summed E-state index contributed by atoms with van der Waals surface area (Å²) in [6.07, 6.45) is 3.52. The van der Waals surface area contributed by atoms with Gasteiger partial charge in [-0.3, -0.25) is 9.69 Å². The van der Waals surface area contributed by atoms with E-state index in [-0.39, 0.29) is 23.5 Å². The topological polar surface area (TPSA) is 83.7 Å². The Morgan fingerprint density at radius 2 is 1.74 bits per heavy atom. The third-order valence-corrected chi connectivity index (χ3v) is 8.13. The molecule has 1 amide bonds. The summed E-state index contributed by atoms with van der Waals surface area (Å²) in [5.74, 6) is -0.995. The fourth-order valence-electron chi connectivity index (χ4n) is 5.54. The standard InChI is InChI=1S/C31H38FN5O2/c1-21(37-16-14-36(2)15-17-37)23-10-12-25(13-11-23)24-8-6-22(7-9-24)20-39-29-5-3-4-28(29)35-31(38)27-18-26(32)19-34-30(27)33/h6-13,18-19,21,28-29H,3-5,14-17,20H2,1-2H3,(H2,33,34)(H,35,38)/t21?,28?,29-/m0/s1. The molecular weight excluding hydrogens is 493 g/mol. The molecule has 206 valence electrons. The zero-order valence-corrected chi connectivity index (χ0v) is 22.8. The number of carbonyl (C=O) groups excluding carboxylic acids is 1.